The number of nitrogens with zero attached hydrogens (tertiary/aromatic N) is 1. The van der Waals surface area contributed by atoms with Gasteiger partial charge in [-0.2, -0.15) is 0 Å². The normalized spacial score (nSPS) is 20.0. The highest BCUT2D eigenvalue weighted by molar-refractivity contribution is 5.78. The minimum absolute atomic E-state index is 0.222. The predicted octanol–water partition coefficient (Wildman–Crippen LogP) is 3.16. The lowest BCUT2D eigenvalue weighted by atomic mass is 10.0. The third kappa shape index (κ3) is 4.07. The van der Waals surface area contributed by atoms with Gasteiger partial charge in [-0.25, -0.2) is 0 Å². The van der Waals surface area contributed by atoms with Crippen LogP contribution in [0.3, 0.4) is 0 Å². The number of aryl methyl sites for hydroxylation is 1. The minimum atomic E-state index is 0.222. The van der Waals surface area contributed by atoms with Crippen molar-refractivity contribution in [1.82, 2.24) is 10.2 Å². The molecule has 0 bridgehead atoms. The number of hydrogen-bond acceptors (Lipinski definition) is 2. The highest BCUT2D eigenvalue weighted by atomic mass is 16.2. The topological polar surface area (TPSA) is 32.3 Å². The van der Waals surface area contributed by atoms with Gasteiger partial charge in [0.25, 0.3) is 0 Å². The summed E-state index contributed by atoms with van der Waals surface area (Å²) >= 11 is 0. The van der Waals surface area contributed by atoms with E-state index in [1.807, 2.05) is 11.9 Å². The SMILES string of the molecule is CCCc1ccc(C(CN2CC(CC)CC2=O)NC)cc1. The van der Waals surface area contributed by atoms with Gasteiger partial charge >= 0.3 is 0 Å². The third-order valence-corrected chi connectivity index (χ3v) is 4.54. The van der Waals surface area contributed by atoms with Crippen LogP contribution in [0.2, 0.25) is 0 Å². The van der Waals surface area contributed by atoms with Crippen molar-refractivity contribution < 1.29 is 4.79 Å². The first-order chi connectivity index (χ1) is 10.2. The van der Waals surface area contributed by atoms with Gasteiger partial charge in [0.05, 0.1) is 0 Å². The van der Waals surface area contributed by atoms with Gasteiger partial charge in [-0.3, -0.25) is 4.79 Å². The lowest BCUT2D eigenvalue weighted by Crippen LogP contribution is -2.35. The molecule has 21 heavy (non-hydrogen) atoms. The van der Waals surface area contributed by atoms with E-state index in [0.29, 0.717) is 11.8 Å². The maximum absolute atomic E-state index is 12.1. The molecule has 1 amide bonds. The molecule has 2 unspecified atom stereocenters. The lowest BCUT2D eigenvalue weighted by molar-refractivity contribution is -0.128. The van der Waals surface area contributed by atoms with Crippen LogP contribution in [0, 0.1) is 5.92 Å². The van der Waals surface area contributed by atoms with Crippen LogP contribution < -0.4 is 5.32 Å². The van der Waals surface area contributed by atoms with E-state index in [4.69, 9.17) is 0 Å². The maximum Gasteiger partial charge on any atom is 0.222 e. The number of carbonyl (C=O) groups excluding carboxylic acids is 1. The summed E-state index contributed by atoms with van der Waals surface area (Å²) in [7, 11) is 1.97. The Bertz CT molecular complexity index is 455. The molecule has 1 fully saturated rings. The Kier molecular flexibility index (Phi) is 5.80. The highest BCUT2D eigenvalue weighted by Gasteiger charge is 2.29. The second kappa shape index (κ2) is 7.60. The van der Waals surface area contributed by atoms with Crippen molar-refractivity contribution in [3.63, 3.8) is 0 Å². The van der Waals surface area contributed by atoms with Gasteiger partial charge in [0, 0.05) is 25.6 Å². The lowest BCUT2D eigenvalue weighted by Gasteiger charge is -2.24. The number of carbonyl (C=O) groups is 1. The smallest absolute Gasteiger partial charge is 0.222 e. The molecule has 0 saturated carbocycles. The molecule has 1 aliphatic rings. The fraction of sp³-hybridized carbons (Fsp3) is 0.611. The van der Waals surface area contributed by atoms with Crippen molar-refractivity contribution in [1.29, 1.82) is 0 Å². The van der Waals surface area contributed by atoms with Crippen LogP contribution in [0.5, 0.6) is 0 Å². The molecule has 2 rings (SSSR count). The predicted molar refractivity (Wildman–Crippen MR) is 87.2 cm³/mol. The first-order valence-corrected chi connectivity index (χ1v) is 8.21. The number of nitrogens with one attached hydrogen (secondary N) is 1. The number of benzene rings is 1. The van der Waals surface area contributed by atoms with Crippen molar-refractivity contribution in [2.45, 2.75) is 45.6 Å². The molecule has 0 radical (unpaired) electrons. The fourth-order valence-electron chi connectivity index (χ4n) is 3.09. The van der Waals surface area contributed by atoms with Crippen molar-refractivity contribution in [2.24, 2.45) is 5.92 Å². The summed E-state index contributed by atoms with van der Waals surface area (Å²) in [5, 5.41) is 3.36. The Labute approximate surface area is 128 Å². The van der Waals surface area contributed by atoms with Crippen molar-refractivity contribution in [3.8, 4) is 0 Å². The number of rotatable bonds is 7. The van der Waals surface area contributed by atoms with Crippen LogP contribution in [-0.2, 0) is 11.2 Å². The summed E-state index contributed by atoms with van der Waals surface area (Å²) in [6, 6.07) is 9.04. The Balaban J connectivity index is 2.01. The summed E-state index contributed by atoms with van der Waals surface area (Å²) in [4.78, 5) is 14.1. The van der Waals surface area contributed by atoms with Gasteiger partial charge < -0.3 is 10.2 Å². The van der Waals surface area contributed by atoms with Crippen LogP contribution in [-0.4, -0.2) is 30.9 Å². The van der Waals surface area contributed by atoms with Gasteiger partial charge in [0.15, 0.2) is 0 Å². The molecule has 3 heteroatoms. The van der Waals surface area contributed by atoms with E-state index >= 15 is 0 Å². The molecule has 0 aromatic heterocycles. The van der Waals surface area contributed by atoms with Crippen molar-refractivity contribution in [2.75, 3.05) is 20.1 Å². The average molecular weight is 288 g/mol. The van der Waals surface area contributed by atoms with Crippen LogP contribution in [0.25, 0.3) is 0 Å². The summed E-state index contributed by atoms with van der Waals surface area (Å²) in [5.74, 6) is 0.853. The van der Waals surface area contributed by atoms with Gasteiger partial charge in [0.2, 0.25) is 5.91 Å². The molecule has 0 aliphatic carbocycles. The van der Waals surface area contributed by atoms with Gasteiger partial charge in [-0.15, -0.1) is 0 Å². The monoisotopic (exact) mass is 288 g/mol. The minimum Gasteiger partial charge on any atom is -0.340 e. The van der Waals surface area contributed by atoms with E-state index in [1.54, 1.807) is 0 Å². The standard InChI is InChI=1S/C18H28N2O/c1-4-6-15-7-9-16(10-8-15)17(19-3)13-20-12-14(5-2)11-18(20)21/h7-10,14,17,19H,4-6,11-13H2,1-3H3. The first kappa shape index (κ1) is 16.0. The van der Waals surface area contributed by atoms with E-state index < -0.39 is 0 Å². The molecule has 1 aromatic carbocycles. The summed E-state index contributed by atoms with van der Waals surface area (Å²) in [5.41, 5.74) is 2.66. The number of hydrogen-bond donors (Lipinski definition) is 1. The second-order valence-electron chi connectivity index (χ2n) is 6.11. The summed E-state index contributed by atoms with van der Waals surface area (Å²) < 4.78 is 0. The Morgan fingerprint density at radius 2 is 2.00 bits per heavy atom. The molecule has 1 N–H and O–H groups in total. The molecule has 0 spiro atoms. The molecular formula is C18H28N2O. The van der Waals surface area contributed by atoms with Crippen LogP contribution >= 0.6 is 0 Å². The number of likely N-dealkylation sites (N-methyl/N-ethyl adjacent to an activating group) is 1. The van der Waals surface area contributed by atoms with E-state index in [9.17, 15) is 4.79 Å². The van der Waals surface area contributed by atoms with E-state index in [0.717, 1.165) is 32.4 Å². The van der Waals surface area contributed by atoms with Gasteiger partial charge in [-0.1, -0.05) is 51.0 Å². The molecule has 116 valence electrons. The Morgan fingerprint density at radius 1 is 1.29 bits per heavy atom. The maximum atomic E-state index is 12.1. The molecule has 3 nitrogen and oxygen atoms in total. The molecule has 1 aliphatic heterocycles. The molecule has 1 aromatic rings. The van der Waals surface area contributed by atoms with Crippen molar-refractivity contribution >= 4 is 5.91 Å². The van der Waals surface area contributed by atoms with E-state index in [2.05, 4.69) is 43.4 Å². The number of amides is 1. The molecule has 1 saturated heterocycles. The average Bonchev–Trinajstić information content (AvgIpc) is 2.86. The zero-order valence-electron chi connectivity index (χ0n) is 13.6. The highest BCUT2D eigenvalue weighted by Crippen LogP contribution is 2.24. The quantitative estimate of drug-likeness (QED) is 0.836. The fourth-order valence-corrected chi connectivity index (χ4v) is 3.09. The van der Waals surface area contributed by atoms with E-state index in [1.165, 1.54) is 17.5 Å². The van der Waals surface area contributed by atoms with Crippen LogP contribution in [0.4, 0.5) is 0 Å². The summed E-state index contributed by atoms with van der Waals surface area (Å²) in [6.45, 7) is 6.07. The molecular weight excluding hydrogens is 260 g/mol. The summed E-state index contributed by atoms with van der Waals surface area (Å²) in [6.07, 6.45) is 4.13. The second-order valence-corrected chi connectivity index (χ2v) is 6.11. The van der Waals surface area contributed by atoms with Crippen molar-refractivity contribution in [3.05, 3.63) is 35.4 Å². The zero-order chi connectivity index (χ0) is 15.2. The van der Waals surface area contributed by atoms with Crippen LogP contribution in [0.15, 0.2) is 24.3 Å². The van der Waals surface area contributed by atoms with Gasteiger partial charge in [0.1, 0.15) is 0 Å². The third-order valence-electron chi connectivity index (χ3n) is 4.54. The van der Waals surface area contributed by atoms with Gasteiger partial charge in [-0.05, 0) is 30.5 Å². The Hall–Kier alpha value is -1.35. The largest absolute Gasteiger partial charge is 0.340 e. The van der Waals surface area contributed by atoms with Crippen LogP contribution in [0.1, 0.15) is 50.3 Å². The Morgan fingerprint density at radius 3 is 2.52 bits per heavy atom. The van der Waals surface area contributed by atoms with E-state index in [-0.39, 0.29) is 6.04 Å². The zero-order valence-corrected chi connectivity index (χ0v) is 13.6. The first-order valence-electron chi connectivity index (χ1n) is 8.21. The number of likely N-dealkylation sites (tertiary alicyclic amines) is 1. The molecule has 2 atom stereocenters. The molecule has 1 heterocycles.